The summed E-state index contributed by atoms with van der Waals surface area (Å²) in [5, 5.41) is 16.8. The molecule has 2 aromatic carbocycles. The normalized spacial score (nSPS) is 13.7. The molecule has 1 saturated heterocycles. The van der Waals surface area contributed by atoms with Crippen molar-refractivity contribution in [3.63, 3.8) is 0 Å². The number of pyridine rings is 1. The minimum atomic E-state index is -5.08. The number of carboxylic acids is 1. The summed E-state index contributed by atoms with van der Waals surface area (Å²) in [6, 6.07) is 13.2. The summed E-state index contributed by atoms with van der Waals surface area (Å²) in [4.78, 5) is 39.5. The summed E-state index contributed by atoms with van der Waals surface area (Å²) in [5.41, 5.74) is 7.35. The Morgan fingerprint density at radius 1 is 0.955 bits per heavy atom. The van der Waals surface area contributed by atoms with Gasteiger partial charge in [-0.25, -0.2) is 9.78 Å². The zero-order valence-corrected chi connectivity index (χ0v) is 25.1. The lowest BCUT2D eigenvalue weighted by Crippen LogP contribution is -2.35. The second-order valence-corrected chi connectivity index (χ2v) is 11.1. The van der Waals surface area contributed by atoms with E-state index >= 15 is 0 Å². The number of aliphatic carboxylic acids is 1. The maximum absolute atomic E-state index is 13.5. The van der Waals surface area contributed by atoms with Crippen molar-refractivity contribution in [2.75, 3.05) is 23.7 Å². The standard InChI is InChI=1S/C27H29Cl2N5O3.C2HF3O2/c1-27(2,30)16-3-6-20(23(13-16)37-19-9-11-31-12-10-19)25(35)33-22-7-4-17(28)14-21(22)26(36)34-24-8-5-18(29)15-32-24;3-2(4,5)1(6)7/h3-8,13-15,19,31H,9-12,30H2,1-2H3,(H,33,35)(H,32,34,36);(H,6,7). The number of alkyl halides is 3. The lowest BCUT2D eigenvalue weighted by Gasteiger charge is -2.27. The van der Waals surface area contributed by atoms with Gasteiger partial charge in [-0.15, -0.1) is 0 Å². The Morgan fingerprint density at radius 3 is 2.14 bits per heavy atom. The molecule has 236 valence electrons. The smallest absolute Gasteiger partial charge is 0.489 e. The van der Waals surface area contributed by atoms with Gasteiger partial charge >= 0.3 is 12.1 Å². The fourth-order valence-electron chi connectivity index (χ4n) is 3.94. The van der Waals surface area contributed by atoms with Crippen molar-refractivity contribution in [1.29, 1.82) is 0 Å². The maximum atomic E-state index is 13.5. The first-order chi connectivity index (χ1) is 20.5. The molecular weight excluding hydrogens is 626 g/mol. The van der Waals surface area contributed by atoms with E-state index in [1.54, 1.807) is 30.3 Å². The van der Waals surface area contributed by atoms with Crippen molar-refractivity contribution in [3.05, 3.63) is 81.5 Å². The molecule has 6 N–H and O–H groups in total. The minimum Gasteiger partial charge on any atom is -0.489 e. The van der Waals surface area contributed by atoms with Crippen LogP contribution in [0.2, 0.25) is 10.0 Å². The predicted molar refractivity (Wildman–Crippen MR) is 160 cm³/mol. The van der Waals surface area contributed by atoms with Crippen LogP contribution in [0.4, 0.5) is 24.7 Å². The number of halogens is 5. The quantitative estimate of drug-likeness (QED) is 0.212. The van der Waals surface area contributed by atoms with Crippen molar-refractivity contribution >= 4 is 52.5 Å². The molecule has 0 atom stereocenters. The first-order valence-electron chi connectivity index (χ1n) is 13.2. The molecule has 44 heavy (non-hydrogen) atoms. The molecule has 0 unspecified atom stereocenters. The number of nitrogens with one attached hydrogen (secondary N) is 3. The Balaban J connectivity index is 0.000000676. The number of rotatable bonds is 7. The van der Waals surface area contributed by atoms with Crippen LogP contribution >= 0.6 is 23.2 Å². The second kappa shape index (κ2) is 14.7. The maximum Gasteiger partial charge on any atom is 0.490 e. The lowest BCUT2D eigenvalue weighted by molar-refractivity contribution is -0.192. The number of carbonyl (C=O) groups is 3. The third-order valence-corrected chi connectivity index (χ3v) is 6.69. The summed E-state index contributed by atoms with van der Waals surface area (Å²) in [6.45, 7) is 5.48. The Hall–Kier alpha value is -3.91. The average Bonchev–Trinajstić information content (AvgIpc) is 2.95. The van der Waals surface area contributed by atoms with Gasteiger partial charge in [-0.2, -0.15) is 13.2 Å². The average molecular weight is 656 g/mol. The third kappa shape index (κ3) is 10.1. The van der Waals surface area contributed by atoms with E-state index in [2.05, 4.69) is 20.9 Å². The van der Waals surface area contributed by atoms with E-state index in [-0.39, 0.29) is 17.4 Å². The fraction of sp³-hybridized carbons (Fsp3) is 0.310. The van der Waals surface area contributed by atoms with Crippen LogP contribution in [-0.4, -0.2) is 53.2 Å². The molecule has 1 aliphatic rings. The van der Waals surface area contributed by atoms with E-state index < -0.39 is 29.5 Å². The summed E-state index contributed by atoms with van der Waals surface area (Å²) in [6.07, 6.45) is -2.02. The number of amides is 2. The highest BCUT2D eigenvalue weighted by molar-refractivity contribution is 6.31. The van der Waals surface area contributed by atoms with Crippen LogP contribution in [0.15, 0.2) is 54.7 Å². The van der Waals surface area contributed by atoms with Gasteiger partial charge in [0.2, 0.25) is 0 Å². The molecule has 1 aliphatic heterocycles. The second-order valence-electron chi connectivity index (χ2n) is 10.3. The molecule has 3 aromatic rings. The van der Waals surface area contributed by atoms with Gasteiger partial charge in [-0.1, -0.05) is 29.3 Å². The molecule has 2 amide bonds. The molecule has 10 nitrogen and oxygen atoms in total. The lowest BCUT2D eigenvalue weighted by atomic mass is 9.94. The number of nitrogens with two attached hydrogens (primary N) is 1. The van der Waals surface area contributed by atoms with Crippen LogP contribution in [0.5, 0.6) is 5.75 Å². The summed E-state index contributed by atoms with van der Waals surface area (Å²) in [7, 11) is 0. The van der Waals surface area contributed by atoms with Gasteiger partial charge in [0, 0.05) is 16.8 Å². The zero-order valence-electron chi connectivity index (χ0n) is 23.6. The van der Waals surface area contributed by atoms with Gasteiger partial charge in [0.05, 0.1) is 21.8 Å². The van der Waals surface area contributed by atoms with Crippen LogP contribution < -0.4 is 26.4 Å². The highest BCUT2D eigenvalue weighted by atomic mass is 35.5. The highest BCUT2D eigenvalue weighted by Gasteiger charge is 2.38. The van der Waals surface area contributed by atoms with Crippen LogP contribution in [0.1, 0.15) is 53.0 Å². The molecule has 0 bridgehead atoms. The number of carbonyl (C=O) groups excluding carboxylic acids is 2. The van der Waals surface area contributed by atoms with Crippen LogP contribution in [0.25, 0.3) is 0 Å². The molecule has 0 aliphatic carbocycles. The number of hydrogen-bond donors (Lipinski definition) is 5. The van der Waals surface area contributed by atoms with E-state index in [0.29, 0.717) is 27.2 Å². The summed E-state index contributed by atoms with van der Waals surface area (Å²) in [5.74, 6) is -2.91. The Kier molecular flexibility index (Phi) is 11.6. The van der Waals surface area contributed by atoms with Crippen LogP contribution in [0, 0.1) is 0 Å². The van der Waals surface area contributed by atoms with Gasteiger partial charge in [-0.3, -0.25) is 9.59 Å². The first kappa shape index (κ1) is 34.6. The number of nitrogens with zero attached hydrogens (tertiary/aromatic N) is 1. The van der Waals surface area contributed by atoms with Gasteiger partial charge in [-0.05, 0) is 87.8 Å². The number of piperidine rings is 1. The minimum absolute atomic E-state index is 0.0207. The third-order valence-electron chi connectivity index (χ3n) is 6.24. The van der Waals surface area contributed by atoms with Crippen molar-refractivity contribution in [1.82, 2.24) is 10.3 Å². The van der Waals surface area contributed by atoms with Crippen molar-refractivity contribution in [2.45, 2.75) is 44.5 Å². The summed E-state index contributed by atoms with van der Waals surface area (Å²) >= 11 is 12.0. The predicted octanol–water partition coefficient (Wildman–Crippen LogP) is 5.85. The van der Waals surface area contributed by atoms with E-state index in [4.69, 9.17) is 43.6 Å². The van der Waals surface area contributed by atoms with Crippen molar-refractivity contribution in [2.24, 2.45) is 5.73 Å². The van der Waals surface area contributed by atoms with Gasteiger partial charge in [0.1, 0.15) is 17.7 Å². The summed E-state index contributed by atoms with van der Waals surface area (Å²) < 4.78 is 38.0. The highest BCUT2D eigenvalue weighted by Crippen LogP contribution is 2.30. The van der Waals surface area contributed by atoms with E-state index in [1.165, 1.54) is 12.3 Å². The van der Waals surface area contributed by atoms with Crippen LogP contribution in [-0.2, 0) is 10.3 Å². The Labute approximate surface area is 261 Å². The van der Waals surface area contributed by atoms with Gasteiger partial charge in [0.15, 0.2) is 0 Å². The molecule has 4 rings (SSSR count). The Bertz CT molecular complexity index is 1490. The zero-order chi connectivity index (χ0) is 32.7. The molecule has 0 radical (unpaired) electrons. The molecule has 1 fully saturated rings. The molecule has 0 saturated carbocycles. The van der Waals surface area contributed by atoms with Gasteiger partial charge in [0.25, 0.3) is 11.8 Å². The van der Waals surface area contributed by atoms with Crippen molar-refractivity contribution in [3.8, 4) is 5.75 Å². The number of anilines is 2. The molecule has 2 heterocycles. The topological polar surface area (TPSA) is 156 Å². The first-order valence-corrected chi connectivity index (χ1v) is 13.9. The Morgan fingerprint density at radius 2 is 1.57 bits per heavy atom. The monoisotopic (exact) mass is 655 g/mol. The number of ether oxygens (including phenoxy) is 1. The number of carboxylic acid groups (broad SMARTS) is 1. The van der Waals surface area contributed by atoms with Crippen molar-refractivity contribution < 1.29 is 37.4 Å². The molecular formula is C29H30Cl2F3N5O5. The fourth-order valence-corrected chi connectivity index (χ4v) is 4.22. The van der Waals surface area contributed by atoms with Gasteiger partial charge < -0.3 is 31.5 Å². The van der Waals surface area contributed by atoms with E-state index in [0.717, 1.165) is 31.5 Å². The number of hydrogen-bond acceptors (Lipinski definition) is 7. The van der Waals surface area contributed by atoms with Crippen LogP contribution in [0.3, 0.4) is 0 Å². The molecule has 15 heteroatoms. The number of aromatic nitrogens is 1. The van der Waals surface area contributed by atoms with E-state index in [9.17, 15) is 22.8 Å². The number of benzene rings is 2. The molecule has 0 spiro atoms. The molecule has 1 aromatic heterocycles. The largest absolute Gasteiger partial charge is 0.490 e. The van der Waals surface area contributed by atoms with E-state index in [1.807, 2.05) is 26.0 Å². The SMILES string of the molecule is CC(C)(N)c1ccc(C(=O)Nc2ccc(Cl)cc2C(=O)Nc2ccc(Cl)cn2)c(OC2CCNCC2)c1.O=C(O)C(F)(F)F.